The van der Waals surface area contributed by atoms with Crippen LogP contribution in [-0.4, -0.2) is 45.0 Å². The third kappa shape index (κ3) is 4.54. The number of benzene rings is 1. The summed E-state index contributed by atoms with van der Waals surface area (Å²) < 4.78 is 7.11. The molecule has 146 valence electrons. The van der Waals surface area contributed by atoms with Gasteiger partial charge in [-0.25, -0.2) is 9.67 Å². The number of rotatable bonds is 6. The van der Waals surface area contributed by atoms with E-state index in [-0.39, 0.29) is 23.9 Å². The molecule has 1 amide bonds. The normalized spacial score (nSPS) is 22.8. The minimum atomic E-state index is -0.553. The number of carbonyl (C=O) groups excluding carboxylic acids is 1. The summed E-state index contributed by atoms with van der Waals surface area (Å²) in [4.78, 5) is 17.2. The fraction of sp³-hybridized carbons (Fsp3) is 0.550. The van der Waals surface area contributed by atoms with Gasteiger partial charge in [0.05, 0.1) is 12.1 Å². The van der Waals surface area contributed by atoms with Crippen LogP contribution in [0.3, 0.4) is 0 Å². The smallest absolute Gasteiger partial charge is 0.251 e. The number of methoxy groups -OCH3 is 1. The highest BCUT2D eigenvalue weighted by Crippen LogP contribution is 2.33. The molecule has 1 heterocycles. The molecule has 1 aromatic carbocycles. The molecule has 1 aliphatic rings. The lowest BCUT2D eigenvalue weighted by Crippen LogP contribution is -2.47. The van der Waals surface area contributed by atoms with Crippen molar-refractivity contribution in [2.75, 3.05) is 7.11 Å². The summed E-state index contributed by atoms with van der Waals surface area (Å²) in [6, 6.07) is 8.96. The zero-order valence-electron chi connectivity index (χ0n) is 16.1. The minimum absolute atomic E-state index is 0.134. The average Bonchev–Trinajstić information content (AvgIpc) is 3.09. The predicted molar refractivity (Wildman–Crippen MR) is 101 cm³/mol. The highest BCUT2D eigenvalue weighted by molar-refractivity contribution is 5.94. The van der Waals surface area contributed by atoms with Crippen LogP contribution in [0.5, 0.6) is 0 Å². The van der Waals surface area contributed by atoms with Crippen molar-refractivity contribution in [3.63, 3.8) is 0 Å². The molecule has 0 unspecified atom stereocenters. The van der Waals surface area contributed by atoms with Gasteiger partial charge in [-0.3, -0.25) is 4.79 Å². The van der Waals surface area contributed by atoms with Crippen molar-refractivity contribution < 1.29 is 14.6 Å². The van der Waals surface area contributed by atoms with Gasteiger partial charge in [-0.2, -0.15) is 5.10 Å². The van der Waals surface area contributed by atoms with Crippen LogP contribution in [0.1, 0.15) is 67.1 Å². The highest BCUT2D eigenvalue weighted by atomic mass is 16.5. The van der Waals surface area contributed by atoms with Crippen molar-refractivity contribution >= 4 is 5.91 Å². The summed E-state index contributed by atoms with van der Waals surface area (Å²) in [6.45, 7) is 4.51. The zero-order chi connectivity index (χ0) is 19.4. The van der Waals surface area contributed by atoms with Crippen LogP contribution in [-0.2, 0) is 11.3 Å². The second-order valence-corrected chi connectivity index (χ2v) is 7.38. The maximum atomic E-state index is 12.5. The molecule has 0 radical (unpaired) electrons. The van der Waals surface area contributed by atoms with E-state index in [0.717, 1.165) is 12.2 Å². The molecule has 1 fully saturated rings. The van der Waals surface area contributed by atoms with Crippen molar-refractivity contribution in [3.8, 4) is 0 Å². The molecule has 3 atom stereocenters. The molecule has 27 heavy (non-hydrogen) atoms. The predicted octanol–water partition coefficient (Wildman–Crippen LogP) is 2.43. The van der Waals surface area contributed by atoms with Crippen LogP contribution in [0.4, 0.5) is 0 Å². The number of amides is 1. The molecule has 7 nitrogen and oxygen atoms in total. The van der Waals surface area contributed by atoms with E-state index in [2.05, 4.69) is 29.2 Å². The maximum absolute atomic E-state index is 12.5. The molecule has 2 N–H and O–H groups in total. The standard InChI is InChI=1S/C20H28N4O3/c1-13(2)24-19(22-18(23-24)12-27-3)15-9-10-17(25)16(11-15)21-20(26)14-7-5-4-6-8-14/h4-8,13,15-17,25H,9-12H2,1-3H3,(H,21,26)/t15-,16+,17+/m0/s1. The summed E-state index contributed by atoms with van der Waals surface area (Å²) >= 11 is 0. The first-order chi connectivity index (χ1) is 13.0. The number of aliphatic hydroxyl groups is 1. The number of carbonyl (C=O) groups is 1. The lowest BCUT2D eigenvalue weighted by atomic mass is 9.83. The minimum Gasteiger partial charge on any atom is -0.391 e. The fourth-order valence-electron chi connectivity index (χ4n) is 3.62. The Bertz CT molecular complexity index is 760. The van der Waals surface area contributed by atoms with E-state index in [1.165, 1.54) is 0 Å². The van der Waals surface area contributed by atoms with E-state index in [1.807, 2.05) is 22.9 Å². The van der Waals surface area contributed by atoms with E-state index in [1.54, 1.807) is 19.2 Å². The fourth-order valence-corrected chi connectivity index (χ4v) is 3.62. The third-order valence-electron chi connectivity index (χ3n) is 5.00. The van der Waals surface area contributed by atoms with Gasteiger partial charge < -0.3 is 15.2 Å². The van der Waals surface area contributed by atoms with Crippen molar-refractivity contribution in [3.05, 3.63) is 47.5 Å². The number of hydrogen-bond donors (Lipinski definition) is 2. The zero-order valence-corrected chi connectivity index (χ0v) is 16.1. The van der Waals surface area contributed by atoms with Gasteiger partial charge in [0.1, 0.15) is 12.4 Å². The molecule has 0 aliphatic heterocycles. The number of aliphatic hydroxyl groups excluding tert-OH is 1. The topological polar surface area (TPSA) is 89.3 Å². The number of nitrogens with zero attached hydrogens (tertiary/aromatic N) is 3. The Balaban J connectivity index is 1.76. The van der Waals surface area contributed by atoms with Gasteiger partial charge in [-0.1, -0.05) is 18.2 Å². The van der Waals surface area contributed by atoms with E-state index >= 15 is 0 Å². The van der Waals surface area contributed by atoms with Gasteiger partial charge in [0.15, 0.2) is 5.82 Å². The number of aromatic nitrogens is 3. The maximum Gasteiger partial charge on any atom is 0.251 e. The summed E-state index contributed by atoms with van der Waals surface area (Å²) in [5.74, 6) is 1.54. The largest absolute Gasteiger partial charge is 0.391 e. The Morgan fingerprint density at radius 2 is 2.07 bits per heavy atom. The summed E-state index contributed by atoms with van der Waals surface area (Å²) in [5, 5.41) is 18.0. The number of hydrogen-bond acceptors (Lipinski definition) is 5. The monoisotopic (exact) mass is 372 g/mol. The van der Waals surface area contributed by atoms with E-state index in [9.17, 15) is 9.90 Å². The van der Waals surface area contributed by atoms with Gasteiger partial charge in [0, 0.05) is 24.6 Å². The first kappa shape index (κ1) is 19.5. The Hall–Kier alpha value is -2.25. The first-order valence-electron chi connectivity index (χ1n) is 9.47. The lowest BCUT2D eigenvalue weighted by Gasteiger charge is -2.33. The summed E-state index contributed by atoms with van der Waals surface area (Å²) in [6.07, 6.45) is 1.52. The molecular weight excluding hydrogens is 344 g/mol. The van der Waals surface area contributed by atoms with Crippen LogP contribution in [0.2, 0.25) is 0 Å². The van der Waals surface area contributed by atoms with Gasteiger partial charge in [-0.05, 0) is 45.2 Å². The van der Waals surface area contributed by atoms with Crippen molar-refractivity contribution in [1.29, 1.82) is 0 Å². The molecule has 0 spiro atoms. The van der Waals surface area contributed by atoms with Crippen LogP contribution in [0.25, 0.3) is 0 Å². The molecule has 7 heteroatoms. The molecule has 1 aromatic heterocycles. The van der Waals surface area contributed by atoms with Crippen LogP contribution in [0, 0.1) is 0 Å². The number of nitrogens with one attached hydrogen (secondary N) is 1. The number of ether oxygens (including phenoxy) is 1. The molecule has 1 saturated carbocycles. The molecule has 2 aromatic rings. The SMILES string of the molecule is COCc1nc([C@H]2CC[C@@H](O)[C@H](NC(=O)c3ccccc3)C2)n(C(C)C)n1. The Morgan fingerprint density at radius 1 is 1.33 bits per heavy atom. The van der Waals surface area contributed by atoms with Crippen LogP contribution in [0.15, 0.2) is 30.3 Å². The highest BCUT2D eigenvalue weighted by Gasteiger charge is 2.34. The first-order valence-corrected chi connectivity index (χ1v) is 9.47. The third-order valence-corrected chi connectivity index (χ3v) is 5.00. The molecule has 3 rings (SSSR count). The van der Waals surface area contributed by atoms with Crippen LogP contribution >= 0.6 is 0 Å². The van der Waals surface area contributed by atoms with Crippen molar-refractivity contribution in [1.82, 2.24) is 20.1 Å². The average molecular weight is 372 g/mol. The van der Waals surface area contributed by atoms with Gasteiger partial charge >= 0.3 is 0 Å². The molecule has 0 saturated heterocycles. The Kier molecular flexibility index (Phi) is 6.23. The quantitative estimate of drug-likeness (QED) is 0.813. The van der Waals surface area contributed by atoms with E-state index in [4.69, 9.17) is 4.74 Å². The lowest BCUT2D eigenvalue weighted by molar-refractivity contribution is 0.0667. The van der Waals surface area contributed by atoms with Crippen molar-refractivity contribution in [2.24, 2.45) is 0 Å². The van der Waals surface area contributed by atoms with Crippen molar-refractivity contribution in [2.45, 2.75) is 63.8 Å². The second kappa shape index (κ2) is 8.63. The Morgan fingerprint density at radius 3 is 2.74 bits per heavy atom. The molecule has 0 bridgehead atoms. The van der Waals surface area contributed by atoms with Gasteiger partial charge in [0.2, 0.25) is 0 Å². The van der Waals surface area contributed by atoms with E-state index < -0.39 is 6.10 Å². The van der Waals surface area contributed by atoms with Crippen LogP contribution < -0.4 is 5.32 Å². The Labute approximate surface area is 159 Å². The van der Waals surface area contributed by atoms with E-state index in [0.29, 0.717) is 30.8 Å². The summed E-state index contributed by atoms with van der Waals surface area (Å²) in [5.41, 5.74) is 0.597. The molecule has 1 aliphatic carbocycles. The van der Waals surface area contributed by atoms with Gasteiger partial charge in [-0.15, -0.1) is 0 Å². The summed E-state index contributed by atoms with van der Waals surface area (Å²) in [7, 11) is 1.63. The molecular formula is C20H28N4O3. The van der Waals surface area contributed by atoms with Gasteiger partial charge in [0.25, 0.3) is 5.91 Å². The second-order valence-electron chi connectivity index (χ2n) is 7.38.